The van der Waals surface area contributed by atoms with Crippen LogP contribution in [0.3, 0.4) is 0 Å². The van der Waals surface area contributed by atoms with Gasteiger partial charge in [-0.1, -0.05) is 43.0 Å². The highest BCUT2D eigenvalue weighted by Crippen LogP contribution is 2.22. The van der Waals surface area contributed by atoms with Gasteiger partial charge in [-0.3, -0.25) is 4.98 Å². The lowest BCUT2D eigenvalue weighted by Gasteiger charge is -2.08. The van der Waals surface area contributed by atoms with E-state index in [2.05, 4.69) is 35.8 Å². The molecule has 0 amide bonds. The van der Waals surface area contributed by atoms with Crippen LogP contribution in [0.4, 0.5) is 4.39 Å². The molecule has 0 N–H and O–H groups in total. The lowest BCUT2D eigenvalue weighted by Crippen LogP contribution is -1.94. The Balaban J connectivity index is 1.82. The zero-order valence-corrected chi connectivity index (χ0v) is 13.3. The number of pyridine rings is 1. The molecular formula is C21H20FN. The van der Waals surface area contributed by atoms with E-state index in [4.69, 9.17) is 0 Å². The molecule has 0 bridgehead atoms. The van der Waals surface area contributed by atoms with Gasteiger partial charge in [0.15, 0.2) is 0 Å². The van der Waals surface area contributed by atoms with Crippen molar-refractivity contribution in [1.29, 1.82) is 0 Å². The van der Waals surface area contributed by atoms with Gasteiger partial charge in [-0.15, -0.1) is 0 Å². The number of aromatic nitrogens is 1. The summed E-state index contributed by atoms with van der Waals surface area (Å²) >= 11 is 0. The van der Waals surface area contributed by atoms with Crippen LogP contribution < -0.4 is 0 Å². The predicted octanol–water partition coefficient (Wildman–Crippen LogP) is 5.44. The van der Waals surface area contributed by atoms with Gasteiger partial charge in [-0.05, 0) is 60.2 Å². The number of hydrogen-bond acceptors (Lipinski definition) is 1. The fourth-order valence-corrected chi connectivity index (χ4v) is 2.85. The van der Waals surface area contributed by atoms with E-state index in [0.717, 1.165) is 40.6 Å². The summed E-state index contributed by atoms with van der Waals surface area (Å²) in [5.74, 6) is 0. The number of hydrogen-bond donors (Lipinski definition) is 0. The van der Waals surface area contributed by atoms with Crippen LogP contribution >= 0.6 is 0 Å². The molecule has 2 heteroatoms. The number of alkyl halides is 1. The van der Waals surface area contributed by atoms with Crippen molar-refractivity contribution in [3.8, 4) is 0 Å². The molecule has 1 nitrogen and oxygen atoms in total. The van der Waals surface area contributed by atoms with E-state index in [9.17, 15) is 4.39 Å². The zero-order valence-electron chi connectivity index (χ0n) is 13.3. The smallest absolute Gasteiger partial charge is 0.115 e. The Morgan fingerprint density at radius 3 is 2.30 bits per heavy atom. The van der Waals surface area contributed by atoms with Gasteiger partial charge in [0.25, 0.3) is 0 Å². The Morgan fingerprint density at radius 1 is 0.957 bits per heavy atom. The van der Waals surface area contributed by atoms with Gasteiger partial charge < -0.3 is 0 Å². The predicted molar refractivity (Wildman–Crippen MR) is 95.2 cm³/mol. The lowest BCUT2D eigenvalue weighted by atomic mass is 10.00. The quantitative estimate of drug-likeness (QED) is 0.611. The molecule has 0 aliphatic carbocycles. The minimum Gasteiger partial charge on any atom is -0.253 e. The lowest BCUT2D eigenvalue weighted by molar-refractivity contribution is 0.485. The minimum atomic E-state index is -0.401. The van der Waals surface area contributed by atoms with E-state index in [1.54, 1.807) is 0 Å². The standard InChI is InChI=1S/C21H20FN/c1-3-19-12-15(2)23-21-11-10-17(13-20(19)21)7-4-16-5-8-18(14-22)9-6-16/h3,5-6,8-13H,1,4,7,14H2,2H3. The van der Waals surface area contributed by atoms with Crippen LogP contribution in [0, 0.1) is 6.92 Å². The minimum absolute atomic E-state index is 0.401. The van der Waals surface area contributed by atoms with Gasteiger partial charge in [0.05, 0.1) is 5.52 Å². The van der Waals surface area contributed by atoms with Gasteiger partial charge in [0.1, 0.15) is 6.67 Å². The first-order valence-corrected chi connectivity index (χ1v) is 7.86. The van der Waals surface area contributed by atoms with E-state index >= 15 is 0 Å². The SMILES string of the molecule is C=Cc1cc(C)nc2ccc(CCc3ccc(CF)cc3)cc12. The van der Waals surface area contributed by atoms with Crippen LogP contribution in [0.15, 0.2) is 55.1 Å². The van der Waals surface area contributed by atoms with Gasteiger partial charge in [-0.2, -0.15) is 0 Å². The van der Waals surface area contributed by atoms with Crippen LogP contribution in [0.2, 0.25) is 0 Å². The number of rotatable bonds is 5. The fourth-order valence-electron chi connectivity index (χ4n) is 2.85. The second kappa shape index (κ2) is 6.74. The molecule has 0 saturated carbocycles. The third-order valence-corrected chi connectivity index (χ3v) is 4.13. The number of halogens is 1. The summed E-state index contributed by atoms with van der Waals surface area (Å²) in [4.78, 5) is 4.58. The molecule has 2 aromatic carbocycles. The van der Waals surface area contributed by atoms with E-state index < -0.39 is 6.67 Å². The van der Waals surface area contributed by atoms with Crippen molar-refractivity contribution >= 4 is 17.0 Å². The maximum atomic E-state index is 12.5. The molecule has 3 aromatic rings. The second-order valence-electron chi connectivity index (χ2n) is 5.86. The molecule has 0 aliphatic heterocycles. The van der Waals surface area contributed by atoms with Gasteiger partial charge >= 0.3 is 0 Å². The molecule has 1 aromatic heterocycles. The highest BCUT2D eigenvalue weighted by Gasteiger charge is 2.04. The fraction of sp³-hybridized carbons (Fsp3) is 0.190. The Morgan fingerprint density at radius 2 is 1.61 bits per heavy atom. The Kier molecular flexibility index (Phi) is 4.52. The summed E-state index contributed by atoms with van der Waals surface area (Å²) in [5.41, 5.74) is 6.39. The van der Waals surface area contributed by atoms with Crippen LogP contribution in [0.1, 0.15) is 27.9 Å². The first-order valence-electron chi connectivity index (χ1n) is 7.86. The highest BCUT2D eigenvalue weighted by molar-refractivity contribution is 5.88. The Hall–Kier alpha value is -2.48. The van der Waals surface area contributed by atoms with E-state index in [1.807, 2.05) is 37.3 Å². The van der Waals surface area contributed by atoms with E-state index in [1.165, 1.54) is 11.1 Å². The maximum Gasteiger partial charge on any atom is 0.115 e. The first-order chi connectivity index (χ1) is 11.2. The van der Waals surface area contributed by atoms with Crippen LogP contribution in [-0.2, 0) is 19.5 Å². The van der Waals surface area contributed by atoms with Crippen LogP contribution in [0.5, 0.6) is 0 Å². The first kappa shape index (κ1) is 15.4. The molecule has 0 spiro atoms. The number of fused-ring (bicyclic) bond motifs is 1. The monoisotopic (exact) mass is 305 g/mol. The molecule has 1 heterocycles. The summed E-state index contributed by atoms with van der Waals surface area (Å²) in [6, 6.07) is 16.2. The second-order valence-corrected chi connectivity index (χ2v) is 5.86. The van der Waals surface area contributed by atoms with Crippen molar-refractivity contribution in [2.75, 3.05) is 0 Å². The van der Waals surface area contributed by atoms with Crippen molar-refractivity contribution < 1.29 is 4.39 Å². The molecule has 0 saturated heterocycles. The third kappa shape index (κ3) is 3.48. The van der Waals surface area contributed by atoms with Gasteiger partial charge in [0, 0.05) is 11.1 Å². The zero-order chi connectivity index (χ0) is 16.2. The highest BCUT2D eigenvalue weighted by atomic mass is 19.1. The largest absolute Gasteiger partial charge is 0.253 e. The van der Waals surface area contributed by atoms with E-state index in [0.29, 0.717) is 0 Å². The van der Waals surface area contributed by atoms with Crippen LogP contribution in [-0.4, -0.2) is 4.98 Å². The average Bonchev–Trinajstić information content (AvgIpc) is 2.59. The molecule has 0 radical (unpaired) electrons. The molecule has 3 rings (SSSR count). The topological polar surface area (TPSA) is 12.9 Å². The third-order valence-electron chi connectivity index (χ3n) is 4.13. The molecule has 116 valence electrons. The Labute approximate surface area is 136 Å². The summed E-state index contributed by atoms with van der Waals surface area (Å²) in [6.07, 6.45) is 3.78. The number of nitrogens with zero attached hydrogens (tertiary/aromatic N) is 1. The maximum absolute atomic E-state index is 12.5. The summed E-state index contributed by atoms with van der Waals surface area (Å²) in [7, 11) is 0. The molecule has 0 atom stereocenters. The molecule has 0 unspecified atom stereocenters. The van der Waals surface area contributed by atoms with Crippen LogP contribution in [0.25, 0.3) is 17.0 Å². The molecule has 23 heavy (non-hydrogen) atoms. The van der Waals surface area contributed by atoms with E-state index in [-0.39, 0.29) is 0 Å². The molecule has 0 aliphatic rings. The normalized spacial score (nSPS) is 10.9. The van der Waals surface area contributed by atoms with Crippen molar-refractivity contribution in [1.82, 2.24) is 4.98 Å². The molecular weight excluding hydrogens is 285 g/mol. The number of benzene rings is 2. The summed E-state index contributed by atoms with van der Waals surface area (Å²) in [6.45, 7) is 5.50. The number of aryl methyl sites for hydroxylation is 3. The summed E-state index contributed by atoms with van der Waals surface area (Å²) in [5, 5.41) is 1.15. The van der Waals surface area contributed by atoms with Crippen molar-refractivity contribution in [2.45, 2.75) is 26.4 Å². The van der Waals surface area contributed by atoms with Gasteiger partial charge in [0.2, 0.25) is 0 Å². The average molecular weight is 305 g/mol. The van der Waals surface area contributed by atoms with Crippen molar-refractivity contribution in [3.63, 3.8) is 0 Å². The molecule has 0 fully saturated rings. The van der Waals surface area contributed by atoms with Crippen molar-refractivity contribution in [2.24, 2.45) is 0 Å². The summed E-state index contributed by atoms with van der Waals surface area (Å²) < 4.78 is 12.5. The van der Waals surface area contributed by atoms with Gasteiger partial charge in [-0.25, -0.2) is 4.39 Å². The van der Waals surface area contributed by atoms with Crippen molar-refractivity contribution in [3.05, 3.63) is 83.1 Å². The Bertz CT molecular complexity index is 834.